The molecule has 0 heterocycles. The van der Waals surface area contributed by atoms with Crippen LogP contribution in [0.25, 0.3) is 0 Å². The molecule has 0 unspecified atom stereocenters. The first kappa shape index (κ1) is 28.9. The molecule has 1 atom stereocenters. The van der Waals surface area contributed by atoms with E-state index in [0.717, 1.165) is 21.0 Å². The third kappa shape index (κ3) is 7.22. The first-order valence-corrected chi connectivity index (χ1v) is 14.0. The van der Waals surface area contributed by atoms with Crippen molar-refractivity contribution in [2.24, 2.45) is 0 Å². The van der Waals surface area contributed by atoms with E-state index < -0.39 is 34.1 Å². The predicted octanol–water partition coefficient (Wildman–Crippen LogP) is 4.83. The van der Waals surface area contributed by atoms with E-state index in [1.807, 2.05) is 58.9 Å². The van der Waals surface area contributed by atoms with Gasteiger partial charge in [-0.1, -0.05) is 60.2 Å². The molecule has 7 nitrogen and oxygen atoms in total. The molecule has 3 aromatic rings. The van der Waals surface area contributed by atoms with Gasteiger partial charge < -0.3 is 10.2 Å². The summed E-state index contributed by atoms with van der Waals surface area (Å²) in [4.78, 5) is 28.6. The molecule has 0 fully saturated rings. The highest BCUT2D eigenvalue weighted by atomic mass is 32.2. The lowest BCUT2D eigenvalue weighted by Gasteiger charge is -2.33. The molecule has 38 heavy (non-hydrogen) atoms. The normalized spacial score (nSPS) is 12.5. The number of nitrogens with zero attached hydrogens (tertiary/aromatic N) is 2. The minimum atomic E-state index is -4.07. The minimum absolute atomic E-state index is 0.0809. The number of hydrogen-bond acceptors (Lipinski definition) is 4. The lowest BCUT2D eigenvalue weighted by molar-refractivity contribution is -0.140. The average Bonchev–Trinajstić information content (AvgIpc) is 2.86. The fourth-order valence-electron chi connectivity index (χ4n) is 3.99. The second-order valence-electron chi connectivity index (χ2n) is 10.5. The molecule has 3 rings (SSSR count). The number of anilines is 1. The van der Waals surface area contributed by atoms with Gasteiger partial charge in [0.1, 0.15) is 12.6 Å². The molecule has 0 saturated carbocycles. The van der Waals surface area contributed by atoms with Crippen molar-refractivity contribution < 1.29 is 18.0 Å². The Morgan fingerprint density at radius 2 is 1.45 bits per heavy atom. The van der Waals surface area contributed by atoms with Crippen molar-refractivity contribution in [1.82, 2.24) is 10.2 Å². The van der Waals surface area contributed by atoms with E-state index in [2.05, 4.69) is 5.32 Å². The highest BCUT2D eigenvalue weighted by Crippen LogP contribution is 2.25. The van der Waals surface area contributed by atoms with E-state index in [4.69, 9.17) is 0 Å². The number of sulfonamides is 1. The van der Waals surface area contributed by atoms with Gasteiger partial charge in [-0.05, 0) is 76.9 Å². The largest absolute Gasteiger partial charge is 0.350 e. The molecule has 0 aromatic heterocycles. The van der Waals surface area contributed by atoms with Crippen molar-refractivity contribution in [3.8, 4) is 0 Å². The summed E-state index contributed by atoms with van der Waals surface area (Å²) in [6.45, 7) is 10.8. The van der Waals surface area contributed by atoms with Crippen LogP contribution in [0.2, 0.25) is 0 Å². The van der Waals surface area contributed by atoms with Crippen molar-refractivity contribution in [2.45, 2.75) is 64.6 Å². The maximum absolute atomic E-state index is 13.9. The van der Waals surface area contributed by atoms with E-state index in [1.54, 1.807) is 49.4 Å². The summed E-state index contributed by atoms with van der Waals surface area (Å²) in [5, 5.41) is 2.94. The summed E-state index contributed by atoms with van der Waals surface area (Å²) >= 11 is 0. The molecule has 0 radical (unpaired) electrons. The fourth-order valence-corrected chi connectivity index (χ4v) is 5.42. The van der Waals surface area contributed by atoms with E-state index in [0.29, 0.717) is 5.69 Å². The number of nitrogens with one attached hydrogen (secondary N) is 1. The number of rotatable bonds is 9. The third-order valence-electron chi connectivity index (χ3n) is 6.20. The molecule has 1 N–H and O–H groups in total. The Hall–Kier alpha value is -3.65. The molecule has 8 heteroatoms. The molecule has 3 aromatic carbocycles. The number of benzene rings is 3. The standard InChI is InChI=1S/C30H37N3O4S/c1-22-16-18-26(19-17-22)33(38(36,37)27-14-8-7-9-15-27)21-28(34)32(20-25-13-11-10-12-23(25)2)24(3)29(35)31-30(4,5)6/h7-19,24H,20-21H2,1-6H3,(H,31,35)/t24-/m0/s1. The molecule has 0 saturated heterocycles. The molecular weight excluding hydrogens is 498 g/mol. The highest BCUT2D eigenvalue weighted by Gasteiger charge is 2.33. The zero-order valence-corrected chi connectivity index (χ0v) is 23.7. The lowest BCUT2D eigenvalue weighted by Crippen LogP contribution is -2.54. The second-order valence-corrected chi connectivity index (χ2v) is 12.4. The third-order valence-corrected chi connectivity index (χ3v) is 7.99. The summed E-state index contributed by atoms with van der Waals surface area (Å²) in [7, 11) is -4.07. The average molecular weight is 536 g/mol. The predicted molar refractivity (Wildman–Crippen MR) is 151 cm³/mol. The number of aryl methyl sites for hydroxylation is 2. The zero-order chi connectivity index (χ0) is 28.1. The van der Waals surface area contributed by atoms with Crippen LogP contribution in [0.5, 0.6) is 0 Å². The number of amides is 2. The Kier molecular flexibility index (Phi) is 8.99. The van der Waals surface area contributed by atoms with Gasteiger partial charge >= 0.3 is 0 Å². The van der Waals surface area contributed by atoms with Crippen LogP contribution in [0, 0.1) is 13.8 Å². The van der Waals surface area contributed by atoms with Crippen LogP contribution >= 0.6 is 0 Å². The maximum Gasteiger partial charge on any atom is 0.264 e. The quantitative estimate of drug-likeness (QED) is 0.425. The topological polar surface area (TPSA) is 86.8 Å². The second kappa shape index (κ2) is 11.8. The van der Waals surface area contributed by atoms with Crippen LogP contribution in [-0.2, 0) is 26.2 Å². The van der Waals surface area contributed by atoms with Crippen molar-refractivity contribution in [3.63, 3.8) is 0 Å². The smallest absolute Gasteiger partial charge is 0.264 e. The molecule has 0 aliphatic rings. The Labute approximate surface area is 226 Å². The Morgan fingerprint density at radius 3 is 2.03 bits per heavy atom. The summed E-state index contributed by atoms with van der Waals surface area (Å²) in [6, 6.07) is 21.8. The van der Waals surface area contributed by atoms with Gasteiger partial charge in [-0.25, -0.2) is 8.42 Å². The number of hydrogen-bond donors (Lipinski definition) is 1. The first-order valence-electron chi connectivity index (χ1n) is 12.6. The van der Waals surface area contributed by atoms with Gasteiger partial charge in [0.05, 0.1) is 10.6 Å². The maximum atomic E-state index is 13.9. The Balaban J connectivity index is 2.03. The van der Waals surface area contributed by atoms with Crippen molar-refractivity contribution in [2.75, 3.05) is 10.8 Å². The van der Waals surface area contributed by atoms with Crippen molar-refractivity contribution in [3.05, 3.63) is 95.6 Å². The molecule has 0 spiro atoms. The summed E-state index contributed by atoms with van der Waals surface area (Å²) in [5.74, 6) is -0.794. The molecule has 0 aliphatic heterocycles. The Bertz CT molecular complexity index is 1360. The van der Waals surface area contributed by atoms with Gasteiger partial charge in [-0.15, -0.1) is 0 Å². The lowest BCUT2D eigenvalue weighted by atomic mass is 10.1. The fraction of sp³-hybridized carbons (Fsp3) is 0.333. The first-order chi connectivity index (χ1) is 17.8. The Morgan fingerprint density at radius 1 is 0.868 bits per heavy atom. The summed E-state index contributed by atoms with van der Waals surface area (Å²) in [5.41, 5.74) is 2.69. The van der Waals surface area contributed by atoms with Crippen LogP contribution in [0.1, 0.15) is 44.4 Å². The highest BCUT2D eigenvalue weighted by molar-refractivity contribution is 7.92. The van der Waals surface area contributed by atoms with Gasteiger partial charge in [0.2, 0.25) is 11.8 Å². The van der Waals surface area contributed by atoms with E-state index >= 15 is 0 Å². The monoisotopic (exact) mass is 535 g/mol. The van der Waals surface area contributed by atoms with Gasteiger partial charge in [-0.3, -0.25) is 13.9 Å². The SMILES string of the molecule is Cc1ccc(N(CC(=O)N(Cc2ccccc2C)[C@@H](C)C(=O)NC(C)(C)C)S(=O)(=O)c2ccccc2)cc1. The van der Waals surface area contributed by atoms with E-state index in [9.17, 15) is 18.0 Å². The van der Waals surface area contributed by atoms with Crippen molar-refractivity contribution in [1.29, 1.82) is 0 Å². The van der Waals surface area contributed by atoms with Crippen LogP contribution in [0.4, 0.5) is 5.69 Å². The molecule has 2 amide bonds. The van der Waals surface area contributed by atoms with Crippen LogP contribution in [-0.4, -0.2) is 43.3 Å². The van der Waals surface area contributed by atoms with Gasteiger partial charge in [-0.2, -0.15) is 0 Å². The molecule has 0 bridgehead atoms. The molecule has 202 valence electrons. The van der Waals surface area contributed by atoms with Gasteiger partial charge in [0.15, 0.2) is 0 Å². The molecular formula is C30H37N3O4S. The van der Waals surface area contributed by atoms with Crippen molar-refractivity contribution >= 4 is 27.5 Å². The summed E-state index contributed by atoms with van der Waals surface area (Å²) in [6.07, 6.45) is 0. The van der Waals surface area contributed by atoms with E-state index in [1.165, 1.54) is 17.0 Å². The van der Waals surface area contributed by atoms with Crippen LogP contribution in [0.3, 0.4) is 0 Å². The van der Waals surface area contributed by atoms with E-state index in [-0.39, 0.29) is 17.3 Å². The number of carbonyl (C=O) groups is 2. The van der Waals surface area contributed by atoms with Gasteiger partial charge in [0, 0.05) is 12.1 Å². The molecule has 0 aliphatic carbocycles. The van der Waals surface area contributed by atoms with Crippen LogP contribution in [0.15, 0.2) is 83.8 Å². The summed E-state index contributed by atoms with van der Waals surface area (Å²) < 4.78 is 28.6. The number of carbonyl (C=O) groups excluding carboxylic acids is 2. The zero-order valence-electron chi connectivity index (χ0n) is 22.9. The van der Waals surface area contributed by atoms with Crippen LogP contribution < -0.4 is 9.62 Å². The van der Waals surface area contributed by atoms with Gasteiger partial charge in [0.25, 0.3) is 10.0 Å². The minimum Gasteiger partial charge on any atom is -0.350 e.